The number of amides is 1. The number of aromatic nitrogens is 2. The molecule has 0 saturated heterocycles. The Labute approximate surface area is 122 Å². The van der Waals surface area contributed by atoms with E-state index in [1.807, 2.05) is 0 Å². The van der Waals surface area contributed by atoms with E-state index in [1.165, 1.54) is 12.1 Å². The SMILES string of the molecule is CCC1CCC(Nc2ccc(C(N)=O)nn2)(C(=O)O)CC1. The van der Waals surface area contributed by atoms with Crippen LogP contribution in [0, 0.1) is 5.92 Å². The molecule has 7 heteroatoms. The molecule has 0 aromatic carbocycles. The summed E-state index contributed by atoms with van der Waals surface area (Å²) in [7, 11) is 0. The van der Waals surface area contributed by atoms with E-state index in [0.717, 1.165) is 19.3 Å². The number of carbonyl (C=O) groups is 2. The van der Waals surface area contributed by atoms with E-state index in [1.54, 1.807) is 0 Å². The first-order valence-electron chi connectivity index (χ1n) is 7.12. The summed E-state index contributed by atoms with van der Waals surface area (Å²) in [4.78, 5) is 22.6. The molecule has 1 aliphatic rings. The molecule has 0 radical (unpaired) electrons. The average molecular weight is 292 g/mol. The highest BCUT2D eigenvalue weighted by Crippen LogP contribution is 2.36. The molecule has 1 aromatic rings. The quantitative estimate of drug-likeness (QED) is 0.755. The summed E-state index contributed by atoms with van der Waals surface area (Å²) in [6.07, 6.45) is 3.94. The van der Waals surface area contributed by atoms with Crippen molar-refractivity contribution in [2.45, 2.75) is 44.6 Å². The molecule has 0 unspecified atom stereocenters. The third-order valence-corrected chi connectivity index (χ3v) is 4.23. The number of nitrogens with two attached hydrogens (primary N) is 1. The molecule has 1 saturated carbocycles. The Morgan fingerprint density at radius 3 is 2.48 bits per heavy atom. The van der Waals surface area contributed by atoms with Gasteiger partial charge in [-0.25, -0.2) is 4.79 Å². The van der Waals surface area contributed by atoms with E-state index >= 15 is 0 Å². The maximum Gasteiger partial charge on any atom is 0.329 e. The lowest BCUT2D eigenvalue weighted by atomic mass is 9.75. The molecule has 1 aliphatic carbocycles. The Morgan fingerprint density at radius 2 is 2.05 bits per heavy atom. The second-order valence-electron chi connectivity index (χ2n) is 5.53. The van der Waals surface area contributed by atoms with Crippen LogP contribution in [0.2, 0.25) is 0 Å². The lowest BCUT2D eigenvalue weighted by molar-refractivity contribution is -0.143. The predicted molar refractivity (Wildman–Crippen MR) is 76.8 cm³/mol. The highest BCUT2D eigenvalue weighted by Gasteiger charge is 2.42. The summed E-state index contributed by atoms with van der Waals surface area (Å²) in [5.41, 5.74) is 4.15. The Morgan fingerprint density at radius 1 is 1.38 bits per heavy atom. The fourth-order valence-corrected chi connectivity index (χ4v) is 2.75. The minimum atomic E-state index is -1.01. The number of anilines is 1. The topological polar surface area (TPSA) is 118 Å². The van der Waals surface area contributed by atoms with E-state index in [4.69, 9.17) is 5.73 Å². The Balaban J connectivity index is 2.13. The van der Waals surface area contributed by atoms with Crippen molar-refractivity contribution in [2.24, 2.45) is 11.7 Å². The number of carboxylic acid groups (broad SMARTS) is 1. The maximum atomic E-state index is 11.7. The molecule has 1 amide bonds. The van der Waals surface area contributed by atoms with Crippen molar-refractivity contribution in [2.75, 3.05) is 5.32 Å². The van der Waals surface area contributed by atoms with Gasteiger partial charge in [-0.15, -0.1) is 10.2 Å². The molecule has 4 N–H and O–H groups in total. The van der Waals surface area contributed by atoms with Crippen LogP contribution >= 0.6 is 0 Å². The van der Waals surface area contributed by atoms with E-state index in [9.17, 15) is 14.7 Å². The Bertz CT molecular complexity index is 522. The van der Waals surface area contributed by atoms with Gasteiger partial charge in [-0.3, -0.25) is 4.79 Å². The van der Waals surface area contributed by atoms with Crippen molar-refractivity contribution >= 4 is 17.7 Å². The number of carbonyl (C=O) groups excluding carboxylic acids is 1. The minimum Gasteiger partial charge on any atom is -0.480 e. The number of hydrogen-bond donors (Lipinski definition) is 3. The lowest BCUT2D eigenvalue weighted by Gasteiger charge is -2.37. The van der Waals surface area contributed by atoms with Crippen LogP contribution in [0.1, 0.15) is 49.5 Å². The van der Waals surface area contributed by atoms with Crippen LogP contribution in [-0.4, -0.2) is 32.7 Å². The number of rotatable bonds is 5. The van der Waals surface area contributed by atoms with Crippen molar-refractivity contribution in [3.8, 4) is 0 Å². The highest BCUT2D eigenvalue weighted by molar-refractivity contribution is 5.90. The summed E-state index contributed by atoms with van der Waals surface area (Å²) in [6, 6.07) is 2.97. The zero-order chi connectivity index (χ0) is 15.5. The lowest BCUT2D eigenvalue weighted by Crippen LogP contribution is -2.49. The van der Waals surface area contributed by atoms with Crippen molar-refractivity contribution in [1.29, 1.82) is 0 Å². The van der Waals surface area contributed by atoms with Gasteiger partial charge in [0.2, 0.25) is 0 Å². The van der Waals surface area contributed by atoms with Gasteiger partial charge in [0, 0.05) is 0 Å². The van der Waals surface area contributed by atoms with Crippen molar-refractivity contribution in [3.05, 3.63) is 17.8 Å². The van der Waals surface area contributed by atoms with E-state index in [2.05, 4.69) is 22.4 Å². The van der Waals surface area contributed by atoms with Crippen LogP contribution in [0.15, 0.2) is 12.1 Å². The van der Waals surface area contributed by atoms with Gasteiger partial charge < -0.3 is 16.2 Å². The molecule has 0 aliphatic heterocycles. The standard InChI is InChI=1S/C14H20N4O3/c1-2-9-5-7-14(8-6-9,13(20)21)16-11-4-3-10(12(15)19)17-18-11/h3-4,9H,2,5-8H2,1H3,(H2,15,19)(H,16,18)(H,20,21). The van der Waals surface area contributed by atoms with E-state index in [-0.39, 0.29) is 5.69 Å². The Kier molecular flexibility index (Phi) is 4.40. The van der Waals surface area contributed by atoms with E-state index < -0.39 is 17.4 Å². The summed E-state index contributed by atoms with van der Waals surface area (Å²) in [5, 5.41) is 20.1. The first kappa shape index (κ1) is 15.2. The van der Waals surface area contributed by atoms with Crippen LogP contribution in [0.4, 0.5) is 5.82 Å². The number of primary amides is 1. The van der Waals surface area contributed by atoms with Crippen LogP contribution in [0.5, 0.6) is 0 Å². The molecule has 7 nitrogen and oxygen atoms in total. The average Bonchev–Trinajstić information content (AvgIpc) is 2.48. The molecule has 1 heterocycles. The highest BCUT2D eigenvalue weighted by atomic mass is 16.4. The van der Waals surface area contributed by atoms with Crippen molar-refractivity contribution in [1.82, 2.24) is 10.2 Å². The monoisotopic (exact) mass is 292 g/mol. The molecule has 1 aromatic heterocycles. The number of nitrogens with one attached hydrogen (secondary N) is 1. The van der Waals surface area contributed by atoms with Gasteiger partial charge >= 0.3 is 5.97 Å². The number of carboxylic acids is 1. The van der Waals surface area contributed by atoms with Crippen LogP contribution in [-0.2, 0) is 4.79 Å². The summed E-state index contributed by atoms with van der Waals surface area (Å²) >= 11 is 0. The zero-order valence-electron chi connectivity index (χ0n) is 12.0. The smallest absolute Gasteiger partial charge is 0.329 e. The zero-order valence-corrected chi connectivity index (χ0v) is 12.0. The normalized spacial score (nSPS) is 25.3. The number of nitrogens with zero attached hydrogens (tertiary/aromatic N) is 2. The third-order valence-electron chi connectivity index (χ3n) is 4.23. The summed E-state index contributed by atoms with van der Waals surface area (Å²) in [6.45, 7) is 2.12. The van der Waals surface area contributed by atoms with Gasteiger partial charge in [-0.05, 0) is 43.7 Å². The van der Waals surface area contributed by atoms with Crippen molar-refractivity contribution in [3.63, 3.8) is 0 Å². The number of aliphatic carboxylic acids is 1. The first-order chi connectivity index (χ1) is 9.97. The van der Waals surface area contributed by atoms with Crippen LogP contribution in [0.3, 0.4) is 0 Å². The molecular formula is C14H20N4O3. The molecule has 2 rings (SSSR count). The van der Waals surface area contributed by atoms with E-state index in [0.29, 0.717) is 24.6 Å². The molecular weight excluding hydrogens is 272 g/mol. The van der Waals surface area contributed by atoms with Gasteiger partial charge in [0.15, 0.2) is 5.69 Å². The Hall–Kier alpha value is -2.18. The molecule has 114 valence electrons. The fourth-order valence-electron chi connectivity index (χ4n) is 2.75. The largest absolute Gasteiger partial charge is 0.480 e. The first-order valence-corrected chi connectivity index (χ1v) is 7.12. The second kappa shape index (κ2) is 6.07. The maximum absolute atomic E-state index is 11.7. The van der Waals surface area contributed by atoms with Gasteiger partial charge in [0.05, 0.1) is 0 Å². The predicted octanol–water partition coefficient (Wildman–Crippen LogP) is 1.41. The fraction of sp³-hybridized carbons (Fsp3) is 0.571. The second-order valence-corrected chi connectivity index (χ2v) is 5.53. The van der Waals surface area contributed by atoms with Gasteiger partial charge in [0.25, 0.3) is 5.91 Å². The van der Waals surface area contributed by atoms with Gasteiger partial charge in [-0.2, -0.15) is 0 Å². The molecule has 21 heavy (non-hydrogen) atoms. The van der Waals surface area contributed by atoms with Crippen LogP contribution in [0.25, 0.3) is 0 Å². The van der Waals surface area contributed by atoms with Crippen LogP contribution < -0.4 is 11.1 Å². The van der Waals surface area contributed by atoms with Gasteiger partial charge in [0.1, 0.15) is 11.4 Å². The minimum absolute atomic E-state index is 0.0552. The molecule has 0 spiro atoms. The third kappa shape index (κ3) is 3.29. The molecule has 0 atom stereocenters. The summed E-state index contributed by atoms with van der Waals surface area (Å²) < 4.78 is 0. The summed E-state index contributed by atoms with van der Waals surface area (Å²) in [5.74, 6) is -0.608. The molecule has 0 bridgehead atoms. The molecule has 1 fully saturated rings. The number of hydrogen-bond acceptors (Lipinski definition) is 5. The van der Waals surface area contributed by atoms with Crippen molar-refractivity contribution < 1.29 is 14.7 Å². The van der Waals surface area contributed by atoms with Gasteiger partial charge in [-0.1, -0.05) is 13.3 Å².